The van der Waals surface area contributed by atoms with Crippen molar-refractivity contribution < 1.29 is 4.74 Å². The van der Waals surface area contributed by atoms with Gasteiger partial charge in [0.15, 0.2) is 5.82 Å². The van der Waals surface area contributed by atoms with E-state index in [4.69, 9.17) is 15.5 Å². The minimum atomic E-state index is 0.681. The summed E-state index contributed by atoms with van der Waals surface area (Å²) in [6.07, 6.45) is 9.62. The van der Waals surface area contributed by atoms with Crippen molar-refractivity contribution in [1.29, 1.82) is 0 Å². The number of ether oxygens (including phenoxy) is 1. The van der Waals surface area contributed by atoms with Crippen LogP contribution in [-0.4, -0.2) is 24.1 Å². The first-order valence-corrected chi connectivity index (χ1v) is 10.2. The molecule has 0 atom stereocenters. The van der Waals surface area contributed by atoms with Crippen molar-refractivity contribution >= 4 is 17.7 Å². The number of aromatic nitrogens is 1. The Labute approximate surface area is 167 Å². The molecule has 1 aromatic carbocycles. The third-order valence-corrected chi connectivity index (χ3v) is 5.10. The normalized spacial score (nSPS) is 18.8. The molecule has 5 heteroatoms. The van der Waals surface area contributed by atoms with Crippen molar-refractivity contribution in [2.45, 2.75) is 52.5 Å². The predicted molar refractivity (Wildman–Crippen MR) is 117 cm³/mol. The SMILES string of the molecule is CCCCCNC1=c2/c(ccn2Cc2ccc(C)cc2OC)=C\CC/C(N)=N\1. The van der Waals surface area contributed by atoms with Crippen molar-refractivity contribution in [3.05, 3.63) is 52.2 Å². The van der Waals surface area contributed by atoms with Crippen LogP contribution in [0.2, 0.25) is 0 Å². The second kappa shape index (κ2) is 9.49. The zero-order chi connectivity index (χ0) is 19.9. The number of benzene rings is 1. The van der Waals surface area contributed by atoms with Crippen LogP contribution in [0.3, 0.4) is 0 Å². The molecule has 0 unspecified atom stereocenters. The number of unbranched alkanes of at least 4 members (excludes halogenated alkanes) is 2. The largest absolute Gasteiger partial charge is 0.496 e. The summed E-state index contributed by atoms with van der Waals surface area (Å²) in [4.78, 5) is 4.73. The van der Waals surface area contributed by atoms with Gasteiger partial charge in [0.25, 0.3) is 0 Å². The first kappa shape index (κ1) is 20.1. The van der Waals surface area contributed by atoms with Crippen molar-refractivity contribution in [2.75, 3.05) is 13.7 Å². The molecule has 0 aliphatic carbocycles. The van der Waals surface area contributed by atoms with Crippen molar-refractivity contribution in [1.82, 2.24) is 9.88 Å². The molecule has 0 spiro atoms. The average molecular weight is 381 g/mol. The Hall–Kier alpha value is -2.69. The minimum absolute atomic E-state index is 0.681. The van der Waals surface area contributed by atoms with E-state index in [0.29, 0.717) is 5.84 Å². The number of methoxy groups -OCH3 is 1. The highest BCUT2D eigenvalue weighted by molar-refractivity contribution is 5.84. The lowest BCUT2D eigenvalue weighted by molar-refractivity contribution is 0.408. The number of rotatable bonds is 8. The summed E-state index contributed by atoms with van der Waals surface area (Å²) < 4.78 is 7.85. The Bertz CT molecular complexity index is 955. The second-order valence-corrected chi connectivity index (χ2v) is 7.39. The highest BCUT2D eigenvalue weighted by Gasteiger charge is 2.10. The summed E-state index contributed by atoms with van der Waals surface area (Å²) in [5, 5.41) is 5.85. The highest BCUT2D eigenvalue weighted by Crippen LogP contribution is 2.20. The lowest BCUT2D eigenvalue weighted by atomic mass is 10.1. The second-order valence-electron chi connectivity index (χ2n) is 7.39. The standard InChI is InChI=1S/C23H32N4O/c1-4-5-6-13-25-23-22-18(8-7-9-21(24)26-23)12-14-27(22)16-19-11-10-17(2)15-20(19)28-3/h8,10-12,14-15,25H,4-7,9,13,16H2,1-3H3,(H2,24,26)/b18-8-,23-22+. The van der Waals surface area contributed by atoms with Crippen LogP contribution < -0.4 is 26.4 Å². The Kier molecular flexibility index (Phi) is 6.80. The van der Waals surface area contributed by atoms with Gasteiger partial charge in [0, 0.05) is 24.7 Å². The Morgan fingerprint density at radius 1 is 1.25 bits per heavy atom. The monoisotopic (exact) mass is 380 g/mol. The minimum Gasteiger partial charge on any atom is -0.496 e. The van der Waals surface area contributed by atoms with Gasteiger partial charge >= 0.3 is 0 Å². The number of nitrogens with one attached hydrogen (secondary N) is 1. The summed E-state index contributed by atoms with van der Waals surface area (Å²) in [7, 11) is 1.73. The molecule has 3 rings (SSSR count). The molecule has 1 aliphatic heterocycles. The summed E-state index contributed by atoms with van der Waals surface area (Å²) >= 11 is 0. The maximum absolute atomic E-state index is 6.16. The van der Waals surface area contributed by atoms with Gasteiger partial charge in [-0.05, 0) is 42.7 Å². The topological polar surface area (TPSA) is 64.6 Å². The van der Waals surface area contributed by atoms with Crippen LogP contribution >= 0.6 is 0 Å². The molecule has 0 amide bonds. The molecule has 150 valence electrons. The van der Waals surface area contributed by atoms with Crippen LogP contribution in [0.1, 0.15) is 50.2 Å². The van der Waals surface area contributed by atoms with E-state index in [2.05, 4.69) is 60.3 Å². The third kappa shape index (κ3) is 4.77. The van der Waals surface area contributed by atoms with Crippen LogP contribution in [0.4, 0.5) is 0 Å². The fourth-order valence-electron chi connectivity index (χ4n) is 3.56. The number of aliphatic imine (C=N–C) groups is 1. The van der Waals surface area contributed by atoms with Gasteiger partial charge in [0.2, 0.25) is 0 Å². The van der Waals surface area contributed by atoms with E-state index in [1.807, 2.05) is 0 Å². The van der Waals surface area contributed by atoms with Gasteiger partial charge in [-0.3, -0.25) is 0 Å². The molecule has 0 saturated carbocycles. The zero-order valence-electron chi connectivity index (χ0n) is 17.3. The third-order valence-electron chi connectivity index (χ3n) is 5.10. The van der Waals surface area contributed by atoms with Gasteiger partial charge in [-0.15, -0.1) is 0 Å². The van der Waals surface area contributed by atoms with Crippen molar-refractivity contribution in [3.8, 4) is 5.75 Å². The molecule has 0 fully saturated rings. The number of aryl methyl sites for hydroxylation is 1. The van der Waals surface area contributed by atoms with E-state index in [1.54, 1.807) is 7.11 Å². The first-order valence-electron chi connectivity index (χ1n) is 10.2. The van der Waals surface area contributed by atoms with E-state index in [1.165, 1.54) is 23.6 Å². The first-order chi connectivity index (χ1) is 13.6. The van der Waals surface area contributed by atoms with Gasteiger partial charge in [-0.2, -0.15) is 0 Å². The molecule has 2 heterocycles. The van der Waals surface area contributed by atoms with Crippen LogP contribution in [-0.2, 0) is 6.54 Å². The molecule has 5 nitrogen and oxygen atoms in total. The summed E-state index contributed by atoms with van der Waals surface area (Å²) in [5.41, 5.74) is 8.50. The predicted octanol–water partition coefficient (Wildman–Crippen LogP) is 2.63. The maximum atomic E-state index is 6.16. The van der Waals surface area contributed by atoms with Crippen LogP contribution in [0.15, 0.2) is 35.5 Å². The molecular weight excluding hydrogens is 348 g/mol. The van der Waals surface area contributed by atoms with Gasteiger partial charge in [0.05, 0.1) is 19.0 Å². The lowest BCUT2D eigenvalue weighted by Crippen LogP contribution is -2.37. The molecule has 3 N–H and O–H groups in total. The van der Waals surface area contributed by atoms with E-state index in [-0.39, 0.29) is 0 Å². The molecule has 1 aliphatic rings. The number of nitrogens with zero attached hydrogens (tertiary/aromatic N) is 2. The highest BCUT2D eigenvalue weighted by atomic mass is 16.5. The number of amidine groups is 1. The quantitative estimate of drug-likeness (QED) is 0.692. The maximum Gasteiger partial charge on any atom is 0.152 e. The van der Waals surface area contributed by atoms with E-state index in [0.717, 1.165) is 54.8 Å². The zero-order valence-corrected chi connectivity index (χ0v) is 17.3. The van der Waals surface area contributed by atoms with Crippen LogP contribution in [0, 0.1) is 6.92 Å². The van der Waals surface area contributed by atoms with E-state index < -0.39 is 0 Å². The van der Waals surface area contributed by atoms with Gasteiger partial charge in [0.1, 0.15) is 11.6 Å². The summed E-state index contributed by atoms with van der Waals surface area (Å²) in [6, 6.07) is 8.51. The summed E-state index contributed by atoms with van der Waals surface area (Å²) in [6.45, 7) is 5.92. The average Bonchev–Trinajstić information content (AvgIpc) is 3.06. The fourth-order valence-corrected chi connectivity index (χ4v) is 3.56. The van der Waals surface area contributed by atoms with Crippen molar-refractivity contribution in [2.24, 2.45) is 10.7 Å². The van der Waals surface area contributed by atoms with Gasteiger partial charge in [-0.1, -0.05) is 38.0 Å². The fraction of sp³-hybridized carbons (Fsp3) is 0.435. The molecule has 0 saturated heterocycles. The van der Waals surface area contributed by atoms with Crippen LogP contribution in [0.25, 0.3) is 11.9 Å². The Morgan fingerprint density at radius 3 is 2.89 bits per heavy atom. The van der Waals surface area contributed by atoms with Gasteiger partial charge in [-0.25, -0.2) is 4.99 Å². The molecule has 1 aromatic heterocycles. The van der Waals surface area contributed by atoms with E-state index in [9.17, 15) is 0 Å². The number of hydrogen-bond acceptors (Lipinski definition) is 4. The van der Waals surface area contributed by atoms with Crippen LogP contribution in [0.5, 0.6) is 5.75 Å². The number of fused-ring (bicyclic) bond motifs is 1. The molecule has 2 aromatic rings. The number of hydrogen-bond donors (Lipinski definition) is 2. The summed E-state index contributed by atoms with van der Waals surface area (Å²) in [5.74, 6) is 2.47. The number of nitrogens with two attached hydrogens (primary N) is 1. The smallest absolute Gasteiger partial charge is 0.152 e. The molecule has 0 radical (unpaired) electrons. The Balaban J connectivity index is 2.04. The molecule has 0 bridgehead atoms. The molecular formula is C23H32N4O. The van der Waals surface area contributed by atoms with Gasteiger partial charge < -0.3 is 20.4 Å². The Morgan fingerprint density at radius 2 is 2.11 bits per heavy atom. The van der Waals surface area contributed by atoms with Crippen molar-refractivity contribution in [3.63, 3.8) is 0 Å². The van der Waals surface area contributed by atoms with E-state index >= 15 is 0 Å². The molecule has 28 heavy (non-hydrogen) atoms. The lowest BCUT2D eigenvalue weighted by Gasteiger charge is -2.14.